The van der Waals surface area contributed by atoms with E-state index >= 15 is 0 Å². The van der Waals surface area contributed by atoms with Gasteiger partial charge in [0.2, 0.25) is 0 Å². The Bertz CT molecular complexity index is 451. The quantitative estimate of drug-likeness (QED) is 0.860. The zero-order valence-electron chi connectivity index (χ0n) is 10.6. The molecule has 2 nitrogen and oxygen atoms in total. The van der Waals surface area contributed by atoms with Gasteiger partial charge in [-0.2, -0.15) is 0 Å². The Morgan fingerprint density at radius 1 is 1.06 bits per heavy atom. The number of benzene rings is 1. The molecule has 17 heavy (non-hydrogen) atoms. The summed E-state index contributed by atoms with van der Waals surface area (Å²) in [5.41, 5.74) is 4.07. The van der Waals surface area contributed by atoms with Crippen LogP contribution in [0.1, 0.15) is 36.0 Å². The molecule has 1 heterocycles. The fourth-order valence-corrected chi connectivity index (χ4v) is 2.15. The lowest BCUT2D eigenvalue weighted by Gasteiger charge is -2.16. The molecule has 2 aromatic rings. The third-order valence-corrected chi connectivity index (χ3v) is 2.96. The lowest BCUT2D eigenvalue weighted by molar-refractivity contribution is 0.774. The van der Waals surface area contributed by atoms with Crippen molar-refractivity contribution < 1.29 is 0 Å². The molecule has 3 N–H and O–H groups in total. The van der Waals surface area contributed by atoms with Crippen molar-refractivity contribution >= 4 is 0 Å². The lowest BCUT2D eigenvalue weighted by Crippen LogP contribution is -1.99. The van der Waals surface area contributed by atoms with Gasteiger partial charge in [-0.25, -0.2) is 0 Å². The minimum atomic E-state index is 0. The van der Waals surface area contributed by atoms with E-state index in [0.29, 0.717) is 5.92 Å². The maximum absolute atomic E-state index is 4.07. The van der Waals surface area contributed by atoms with Crippen molar-refractivity contribution in [2.24, 2.45) is 0 Å². The third-order valence-electron chi connectivity index (χ3n) is 2.96. The van der Waals surface area contributed by atoms with E-state index < -0.39 is 0 Å². The third kappa shape index (κ3) is 3.14. The van der Waals surface area contributed by atoms with Crippen molar-refractivity contribution in [1.82, 2.24) is 11.1 Å². The predicted octanol–water partition coefficient (Wildman–Crippen LogP) is 4.09. The van der Waals surface area contributed by atoms with Crippen LogP contribution in [0, 0.1) is 6.92 Å². The molecular formula is C15H20N2. The second-order valence-electron chi connectivity index (χ2n) is 4.16. The van der Waals surface area contributed by atoms with Crippen LogP contribution in [0.25, 0.3) is 0 Å². The van der Waals surface area contributed by atoms with Crippen LogP contribution in [-0.4, -0.2) is 4.98 Å². The van der Waals surface area contributed by atoms with Gasteiger partial charge in [-0.3, -0.25) is 4.98 Å². The molecule has 2 heteroatoms. The molecule has 1 atom stereocenters. The minimum absolute atomic E-state index is 0. The van der Waals surface area contributed by atoms with E-state index in [-0.39, 0.29) is 6.15 Å². The number of nitrogens with zero attached hydrogens (tertiary/aromatic N) is 1. The molecule has 90 valence electrons. The van der Waals surface area contributed by atoms with Crippen LogP contribution in [0.15, 0.2) is 48.8 Å². The number of rotatable bonds is 3. The Morgan fingerprint density at radius 3 is 2.35 bits per heavy atom. The Hall–Kier alpha value is -1.67. The van der Waals surface area contributed by atoms with Crippen molar-refractivity contribution in [3.05, 3.63) is 65.5 Å². The summed E-state index contributed by atoms with van der Waals surface area (Å²) in [5.74, 6) is 0.489. The van der Waals surface area contributed by atoms with Gasteiger partial charge in [-0.05, 0) is 36.6 Å². The highest BCUT2D eigenvalue weighted by Crippen LogP contribution is 2.27. The van der Waals surface area contributed by atoms with Gasteiger partial charge < -0.3 is 6.15 Å². The zero-order chi connectivity index (χ0) is 11.4. The van der Waals surface area contributed by atoms with Gasteiger partial charge in [0, 0.05) is 18.3 Å². The monoisotopic (exact) mass is 228 g/mol. The summed E-state index contributed by atoms with van der Waals surface area (Å²) in [6, 6.07) is 13.0. The van der Waals surface area contributed by atoms with Crippen molar-refractivity contribution in [2.75, 3.05) is 0 Å². The summed E-state index contributed by atoms with van der Waals surface area (Å²) in [6.45, 7) is 4.37. The van der Waals surface area contributed by atoms with E-state index in [1.165, 1.54) is 16.7 Å². The minimum Gasteiger partial charge on any atom is -0.344 e. The van der Waals surface area contributed by atoms with E-state index in [4.69, 9.17) is 0 Å². The SMILES string of the molecule is CCC(c1ccncc1)c1cccc(C)c1.N. The van der Waals surface area contributed by atoms with Crippen LogP contribution in [0.5, 0.6) is 0 Å². The van der Waals surface area contributed by atoms with E-state index in [1.807, 2.05) is 12.4 Å². The lowest BCUT2D eigenvalue weighted by atomic mass is 9.89. The number of hydrogen-bond acceptors (Lipinski definition) is 2. The standard InChI is InChI=1S/C15H17N.H3N/c1-3-15(13-7-9-16-10-8-13)14-6-4-5-12(2)11-14;/h4-11,15H,3H2,1-2H3;1H3. The molecule has 0 aliphatic rings. The average molecular weight is 228 g/mol. The molecule has 0 spiro atoms. The molecule has 0 radical (unpaired) electrons. The zero-order valence-corrected chi connectivity index (χ0v) is 10.6. The number of aryl methyl sites for hydroxylation is 1. The topological polar surface area (TPSA) is 47.9 Å². The Kier molecular flexibility index (Phi) is 4.85. The van der Waals surface area contributed by atoms with E-state index in [2.05, 4.69) is 55.2 Å². The molecule has 0 saturated heterocycles. The van der Waals surface area contributed by atoms with Gasteiger partial charge in [0.25, 0.3) is 0 Å². The number of pyridine rings is 1. The Balaban J connectivity index is 0.00000144. The average Bonchev–Trinajstić information content (AvgIpc) is 2.31. The van der Waals surface area contributed by atoms with Gasteiger partial charge in [0.1, 0.15) is 0 Å². The first-order chi connectivity index (χ1) is 7.81. The van der Waals surface area contributed by atoms with Crippen LogP contribution in [0.4, 0.5) is 0 Å². The highest BCUT2D eigenvalue weighted by molar-refractivity contribution is 5.33. The van der Waals surface area contributed by atoms with E-state index in [1.54, 1.807) is 0 Å². The van der Waals surface area contributed by atoms with Crippen molar-refractivity contribution in [1.29, 1.82) is 0 Å². The van der Waals surface area contributed by atoms with Gasteiger partial charge in [0.15, 0.2) is 0 Å². The van der Waals surface area contributed by atoms with E-state index in [0.717, 1.165) is 6.42 Å². The molecular weight excluding hydrogens is 208 g/mol. The molecule has 1 aromatic carbocycles. The smallest absolute Gasteiger partial charge is 0.0270 e. The summed E-state index contributed by atoms with van der Waals surface area (Å²) < 4.78 is 0. The summed E-state index contributed by atoms with van der Waals surface area (Å²) in [4.78, 5) is 4.07. The first kappa shape index (κ1) is 13.4. The van der Waals surface area contributed by atoms with Gasteiger partial charge in [-0.1, -0.05) is 36.8 Å². The molecule has 0 aliphatic carbocycles. The normalized spacial score (nSPS) is 11.6. The molecule has 0 saturated carbocycles. The largest absolute Gasteiger partial charge is 0.344 e. The highest BCUT2D eigenvalue weighted by Gasteiger charge is 2.11. The summed E-state index contributed by atoms with van der Waals surface area (Å²) in [5, 5.41) is 0. The van der Waals surface area contributed by atoms with Gasteiger partial charge >= 0.3 is 0 Å². The number of aromatic nitrogens is 1. The van der Waals surface area contributed by atoms with Crippen LogP contribution in [0.3, 0.4) is 0 Å². The number of hydrogen-bond donors (Lipinski definition) is 1. The van der Waals surface area contributed by atoms with E-state index in [9.17, 15) is 0 Å². The van der Waals surface area contributed by atoms with Crippen molar-refractivity contribution in [3.8, 4) is 0 Å². The molecule has 1 aromatic heterocycles. The predicted molar refractivity (Wildman–Crippen MR) is 72.6 cm³/mol. The maximum Gasteiger partial charge on any atom is 0.0270 e. The fourth-order valence-electron chi connectivity index (χ4n) is 2.15. The van der Waals surface area contributed by atoms with Crippen molar-refractivity contribution in [2.45, 2.75) is 26.2 Å². The highest BCUT2D eigenvalue weighted by atomic mass is 14.6. The molecule has 1 unspecified atom stereocenters. The second kappa shape index (κ2) is 6.16. The summed E-state index contributed by atoms with van der Waals surface area (Å²) in [6.07, 6.45) is 4.86. The van der Waals surface area contributed by atoms with Crippen LogP contribution in [-0.2, 0) is 0 Å². The Morgan fingerprint density at radius 2 is 1.76 bits per heavy atom. The van der Waals surface area contributed by atoms with Gasteiger partial charge in [-0.15, -0.1) is 0 Å². The van der Waals surface area contributed by atoms with Crippen LogP contribution >= 0.6 is 0 Å². The molecule has 2 rings (SSSR count). The van der Waals surface area contributed by atoms with Crippen LogP contribution in [0.2, 0.25) is 0 Å². The molecule has 0 fully saturated rings. The summed E-state index contributed by atoms with van der Waals surface area (Å²) in [7, 11) is 0. The fraction of sp³-hybridized carbons (Fsp3) is 0.267. The maximum atomic E-state index is 4.07. The van der Waals surface area contributed by atoms with Crippen molar-refractivity contribution in [3.63, 3.8) is 0 Å². The first-order valence-corrected chi connectivity index (χ1v) is 5.77. The Labute approximate surface area is 103 Å². The first-order valence-electron chi connectivity index (χ1n) is 5.77. The van der Waals surface area contributed by atoms with Gasteiger partial charge in [0.05, 0.1) is 0 Å². The summed E-state index contributed by atoms with van der Waals surface area (Å²) >= 11 is 0. The molecule has 0 aliphatic heterocycles. The molecule has 0 amide bonds. The molecule has 0 bridgehead atoms. The second-order valence-corrected chi connectivity index (χ2v) is 4.16. The van der Waals surface area contributed by atoms with Crippen LogP contribution < -0.4 is 6.15 Å².